The van der Waals surface area contributed by atoms with Crippen molar-refractivity contribution in [3.63, 3.8) is 0 Å². The van der Waals surface area contributed by atoms with E-state index in [0.717, 1.165) is 5.56 Å². The van der Waals surface area contributed by atoms with Crippen molar-refractivity contribution < 1.29 is 24.2 Å². The molecule has 0 spiro atoms. The third-order valence-corrected chi connectivity index (χ3v) is 5.35. The molecule has 7 nitrogen and oxygen atoms in total. The van der Waals surface area contributed by atoms with Crippen LogP contribution < -0.4 is 4.74 Å². The van der Waals surface area contributed by atoms with Crippen LogP contribution in [-0.2, 0) is 14.3 Å². The number of carbonyl (C=O) groups excluding carboxylic acids is 2. The van der Waals surface area contributed by atoms with Crippen LogP contribution in [0.2, 0.25) is 0 Å². The number of amides is 1. The lowest BCUT2D eigenvalue weighted by Crippen LogP contribution is -2.31. The van der Waals surface area contributed by atoms with Gasteiger partial charge in [-0.2, -0.15) is 0 Å². The monoisotopic (exact) mass is 452 g/mol. The quantitative estimate of drug-likeness (QED) is 0.262. The van der Waals surface area contributed by atoms with E-state index < -0.39 is 17.7 Å². The number of Topliss-reactive ketones (excluding diaryl/α,β-unsaturated/α-hetero) is 1. The first-order valence-corrected chi connectivity index (χ1v) is 11.3. The van der Waals surface area contributed by atoms with Gasteiger partial charge in [-0.3, -0.25) is 14.6 Å². The fourth-order valence-corrected chi connectivity index (χ4v) is 3.89. The molecule has 1 N–H and O–H groups in total. The van der Waals surface area contributed by atoms with Crippen LogP contribution in [0.5, 0.6) is 5.75 Å². The van der Waals surface area contributed by atoms with Crippen LogP contribution in [0.1, 0.15) is 56.8 Å². The second kappa shape index (κ2) is 10.6. The summed E-state index contributed by atoms with van der Waals surface area (Å²) < 4.78 is 11.4. The first-order valence-electron chi connectivity index (χ1n) is 11.3. The van der Waals surface area contributed by atoms with Gasteiger partial charge in [0.25, 0.3) is 11.7 Å². The zero-order chi connectivity index (χ0) is 24.1. The lowest BCUT2D eigenvalue weighted by atomic mass is 9.95. The maximum Gasteiger partial charge on any atom is 0.295 e. The number of aryl methyl sites for hydroxylation is 1. The average Bonchev–Trinajstić information content (AvgIpc) is 3.02. The molecule has 1 unspecified atom stereocenters. The van der Waals surface area contributed by atoms with Gasteiger partial charge in [-0.15, -0.1) is 0 Å². The topological polar surface area (TPSA) is 89.0 Å². The van der Waals surface area contributed by atoms with Gasteiger partial charge < -0.3 is 19.5 Å². The molecule has 0 radical (unpaired) electrons. The summed E-state index contributed by atoms with van der Waals surface area (Å²) in [4.78, 5) is 31.7. The van der Waals surface area contributed by atoms with Gasteiger partial charge in [0, 0.05) is 31.1 Å². The summed E-state index contributed by atoms with van der Waals surface area (Å²) in [7, 11) is 0. The lowest BCUT2D eigenvalue weighted by molar-refractivity contribution is -0.140. The van der Waals surface area contributed by atoms with Crippen LogP contribution in [0.15, 0.2) is 48.3 Å². The number of benzene rings is 1. The first kappa shape index (κ1) is 24.5. The minimum atomic E-state index is -0.718. The second-order valence-corrected chi connectivity index (χ2v) is 8.70. The Labute approximate surface area is 195 Å². The van der Waals surface area contributed by atoms with Crippen LogP contribution in [0.25, 0.3) is 5.76 Å². The summed E-state index contributed by atoms with van der Waals surface area (Å²) in [6.45, 7) is 10.4. The minimum Gasteiger partial charge on any atom is -0.507 e. The van der Waals surface area contributed by atoms with Crippen molar-refractivity contribution in [3.05, 3.63) is 65.0 Å². The summed E-state index contributed by atoms with van der Waals surface area (Å²) in [6.07, 6.45) is 3.91. The molecular weight excluding hydrogens is 420 g/mol. The fourth-order valence-electron chi connectivity index (χ4n) is 3.89. The number of aromatic nitrogens is 1. The standard InChI is InChI=1S/C26H32N2O5/c1-16(2)32-13-7-12-28-23(20-8-6-11-27-15-20)22(25(30)26(28)31)24(29)19-9-10-21(18(5)14-19)33-17(3)4/h6,8-11,14-17,23,29H,7,12-13H2,1-5H3/b24-22-. The molecule has 176 valence electrons. The highest BCUT2D eigenvalue weighted by Crippen LogP contribution is 2.39. The number of hydrogen-bond acceptors (Lipinski definition) is 6. The molecule has 1 amide bonds. The largest absolute Gasteiger partial charge is 0.507 e. The summed E-state index contributed by atoms with van der Waals surface area (Å²) in [5.74, 6) is -0.837. The zero-order valence-corrected chi connectivity index (χ0v) is 19.9. The van der Waals surface area contributed by atoms with Crippen LogP contribution in [0.4, 0.5) is 0 Å². The Kier molecular flexibility index (Phi) is 7.87. The molecule has 3 rings (SSSR count). The number of carbonyl (C=O) groups is 2. The maximum absolute atomic E-state index is 13.1. The molecule has 1 atom stereocenters. The van der Waals surface area contributed by atoms with Crippen LogP contribution in [0, 0.1) is 6.92 Å². The molecule has 0 saturated carbocycles. The predicted molar refractivity (Wildman–Crippen MR) is 126 cm³/mol. The van der Waals surface area contributed by atoms with Crippen molar-refractivity contribution in [1.82, 2.24) is 9.88 Å². The van der Waals surface area contributed by atoms with Gasteiger partial charge in [0.1, 0.15) is 11.5 Å². The van der Waals surface area contributed by atoms with Crippen molar-refractivity contribution in [2.45, 2.75) is 59.3 Å². The van der Waals surface area contributed by atoms with Gasteiger partial charge in [-0.05, 0) is 76.4 Å². The van der Waals surface area contributed by atoms with Crippen molar-refractivity contribution in [3.8, 4) is 5.75 Å². The molecule has 0 bridgehead atoms. The van der Waals surface area contributed by atoms with E-state index in [9.17, 15) is 14.7 Å². The van der Waals surface area contributed by atoms with E-state index in [1.54, 1.807) is 42.7 Å². The van der Waals surface area contributed by atoms with Crippen LogP contribution in [-0.4, -0.2) is 52.0 Å². The zero-order valence-electron chi connectivity index (χ0n) is 19.9. The van der Waals surface area contributed by atoms with Gasteiger partial charge in [0.2, 0.25) is 0 Å². The number of aliphatic hydroxyl groups is 1. The van der Waals surface area contributed by atoms with Crippen molar-refractivity contribution in [1.29, 1.82) is 0 Å². The van der Waals surface area contributed by atoms with Crippen molar-refractivity contribution in [2.24, 2.45) is 0 Å². The van der Waals surface area contributed by atoms with Gasteiger partial charge >= 0.3 is 0 Å². The normalized spacial score (nSPS) is 17.9. The molecule has 1 aromatic heterocycles. The van der Waals surface area contributed by atoms with E-state index in [0.29, 0.717) is 36.4 Å². The Morgan fingerprint density at radius 2 is 1.91 bits per heavy atom. The molecule has 0 aliphatic carbocycles. The SMILES string of the molecule is Cc1cc(/C(O)=C2/C(=O)C(=O)N(CCCOC(C)C)C2c2cccnc2)ccc1OC(C)C. The number of nitrogens with zero attached hydrogens (tertiary/aromatic N) is 2. The van der Waals surface area contributed by atoms with E-state index in [2.05, 4.69) is 4.98 Å². The molecule has 1 aromatic carbocycles. The number of rotatable bonds is 9. The van der Waals surface area contributed by atoms with E-state index in [1.165, 1.54) is 4.90 Å². The van der Waals surface area contributed by atoms with E-state index in [-0.39, 0.29) is 23.5 Å². The van der Waals surface area contributed by atoms with E-state index in [1.807, 2.05) is 34.6 Å². The van der Waals surface area contributed by atoms with Crippen molar-refractivity contribution >= 4 is 17.4 Å². The Bertz CT molecular complexity index is 1030. The Morgan fingerprint density at radius 3 is 2.52 bits per heavy atom. The highest BCUT2D eigenvalue weighted by atomic mass is 16.5. The number of pyridine rings is 1. The lowest BCUT2D eigenvalue weighted by Gasteiger charge is -2.25. The predicted octanol–water partition coefficient (Wildman–Crippen LogP) is 4.41. The number of ether oxygens (including phenoxy) is 2. The molecule has 1 aliphatic heterocycles. The Hall–Kier alpha value is -3.19. The van der Waals surface area contributed by atoms with E-state index >= 15 is 0 Å². The van der Waals surface area contributed by atoms with E-state index in [4.69, 9.17) is 9.47 Å². The molecule has 1 aliphatic rings. The smallest absolute Gasteiger partial charge is 0.295 e. The number of likely N-dealkylation sites (tertiary alicyclic amines) is 1. The Morgan fingerprint density at radius 1 is 1.15 bits per heavy atom. The number of hydrogen-bond donors (Lipinski definition) is 1. The third kappa shape index (κ3) is 5.60. The highest BCUT2D eigenvalue weighted by molar-refractivity contribution is 6.46. The highest BCUT2D eigenvalue weighted by Gasteiger charge is 2.45. The van der Waals surface area contributed by atoms with Crippen molar-refractivity contribution in [2.75, 3.05) is 13.2 Å². The average molecular weight is 453 g/mol. The second-order valence-electron chi connectivity index (χ2n) is 8.70. The Balaban J connectivity index is 2.00. The van der Waals surface area contributed by atoms with Crippen LogP contribution >= 0.6 is 0 Å². The molecule has 2 heterocycles. The molecular formula is C26H32N2O5. The summed E-state index contributed by atoms with van der Waals surface area (Å²) in [5.41, 5.74) is 2.01. The molecule has 1 saturated heterocycles. The summed E-state index contributed by atoms with van der Waals surface area (Å²) in [6, 6.07) is 8.06. The van der Waals surface area contributed by atoms with Gasteiger partial charge in [-0.1, -0.05) is 6.07 Å². The van der Waals surface area contributed by atoms with Gasteiger partial charge in [-0.25, -0.2) is 0 Å². The third-order valence-electron chi connectivity index (χ3n) is 5.35. The van der Waals surface area contributed by atoms with Gasteiger partial charge in [0.15, 0.2) is 0 Å². The number of aliphatic hydroxyl groups excluding tert-OH is 1. The molecule has 1 fully saturated rings. The molecule has 2 aromatic rings. The fraction of sp³-hybridized carbons (Fsp3) is 0.423. The summed E-state index contributed by atoms with van der Waals surface area (Å²) in [5, 5.41) is 11.2. The van der Waals surface area contributed by atoms with Gasteiger partial charge in [0.05, 0.1) is 23.8 Å². The number of ketones is 1. The summed E-state index contributed by atoms with van der Waals surface area (Å²) >= 11 is 0. The molecule has 7 heteroatoms. The molecule has 33 heavy (non-hydrogen) atoms. The maximum atomic E-state index is 13.1. The first-order chi connectivity index (χ1) is 15.7. The minimum absolute atomic E-state index is 0.0127. The van der Waals surface area contributed by atoms with Crippen LogP contribution in [0.3, 0.4) is 0 Å².